The Kier molecular flexibility index (Phi) is 5.91. The second kappa shape index (κ2) is 8.92. The Bertz CT molecular complexity index is 973. The number of nitrogens with zero attached hydrogens (tertiary/aromatic N) is 1. The number of rotatable bonds is 6. The van der Waals surface area contributed by atoms with E-state index in [9.17, 15) is 9.59 Å². The molecule has 3 aromatic rings. The minimum atomic E-state index is -0.611. The minimum Gasteiger partial charge on any atom is -0.361 e. The third-order valence-electron chi connectivity index (χ3n) is 5.13. The van der Waals surface area contributed by atoms with E-state index in [2.05, 4.69) is 39.8 Å². The molecule has 29 heavy (non-hydrogen) atoms. The Labute approximate surface area is 174 Å². The first-order valence-electron chi connectivity index (χ1n) is 9.70. The Balaban J connectivity index is 1.40. The van der Waals surface area contributed by atoms with Crippen LogP contribution in [0.15, 0.2) is 72.1 Å². The molecule has 0 fully saturated rings. The molecule has 0 unspecified atom stereocenters. The van der Waals surface area contributed by atoms with Crippen LogP contribution in [-0.4, -0.2) is 24.9 Å². The zero-order chi connectivity index (χ0) is 20.1. The third kappa shape index (κ3) is 4.49. The molecule has 1 aromatic heterocycles. The van der Waals surface area contributed by atoms with Gasteiger partial charge in [0.15, 0.2) is 0 Å². The fourth-order valence-electron chi connectivity index (χ4n) is 3.66. The van der Waals surface area contributed by atoms with Gasteiger partial charge < -0.3 is 15.5 Å². The second-order valence-corrected chi connectivity index (χ2v) is 7.96. The number of thiophene rings is 1. The van der Waals surface area contributed by atoms with E-state index in [4.69, 9.17) is 0 Å². The summed E-state index contributed by atoms with van der Waals surface area (Å²) >= 11 is 1.67. The van der Waals surface area contributed by atoms with Gasteiger partial charge in [0.05, 0.1) is 6.04 Å². The van der Waals surface area contributed by atoms with Crippen molar-refractivity contribution < 1.29 is 9.59 Å². The molecular weight excluding hydrogens is 382 g/mol. The van der Waals surface area contributed by atoms with Gasteiger partial charge in [-0.1, -0.05) is 54.6 Å². The molecule has 0 saturated heterocycles. The molecule has 4 rings (SSSR count). The molecule has 2 aromatic carbocycles. The van der Waals surface area contributed by atoms with E-state index in [1.807, 2.05) is 47.8 Å². The van der Waals surface area contributed by atoms with Gasteiger partial charge in [-0.15, -0.1) is 11.3 Å². The van der Waals surface area contributed by atoms with Crippen molar-refractivity contribution in [1.29, 1.82) is 0 Å². The Morgan fingerprint density at radius 3 is 2.48 bits per heavy atom. The lowest BCUT2D eigenvalue weighted by Gasteiger charge is -2.30. The van der Waals surface area contributed by atoms with E-state index in [-0.39, 0.29) is 6.04 Å². The van der Waals surface area contributed by atoms with Crippen molar-refractivity contribution in [2.75, 3.05) is 18.0 Å². The first kappa shape index (κ1) is 19.2. The molecule has 5 nitrogen and oxygen atoms in total. The highest BCUT2D eigenvalue weighted by molar-refractivity contribution is 7.10. The molecule has 0 saturated carbocycles. The van der Waals surface area contributed by atoms with E-state index in [0.29, 0.717) is 13.1 Å². The molecule has 2 heterocycles. The molecule has 2 amide bonds. The SMILES string of the molecule is O=C(NCc1ccccc1)C(=O)NC[C@H](c1cccs1)N1CCc2ccccc21. The van der Waals surface area contributed by atoms with Gasteiger partial charge in [-0.3, -0.25) is 9.59 Å². The smallest absolute Gasteiger partial charge is 0.309 e. The molecular formula is C23H23N3O2S. The van der Waals surface area contributed by atoms with Gasteiger partial charge in [0.2, 0.25) is 0 Å². The highest BCUT2D eigenvalue weighted by Gasteiger charge is 2.28. The van der Waals surface area contributed by atoms with Crippen molar-refractivity contribution in [2.24, 2.45) is 0 Å². The summed E-state index contributed by atoms with van der Waals surface area (Å²) in [7, 11) is 0. The van der Waals surface area contributed by atoms with Gasteiger partial charge in [0.1, 0.15) is 0 Å². The normalized spacial score (nSPS) is 13.6. The van der Waals surface area contributed by atoms with Crippen molar-refractivity contribution in [3.63, 3.8) is 0 Å². The van der Waals surface area contributed by atoms with E-state index in [0.717, 1.165) is 18.5 Å². The standard InChI is InChI=1S/C23H23N3O2S/c27-22(24-15-17-7-2-1-3-8-17)23(28)25-16-20(21-11-6-14-29-21)26-13-12-18-9-4-5-10-19(18)26/h1-11,14,20H,12-13,15-16H2,(H,24,27)(H,25,28)/t20-/m1/s1. The Hall–Kier alpha value is -3.12. The van der Waals surface area contributed by atoms with E-state index >= 15 is 0 Å². The van der Waals surface area contributed by atoms with Crippen LogP contribution >= 0.6 is 11.3 Å². The maximum atomic E-state index is 12.4. The molecule has 6 heteroatoms. The van der Waals surface area contributed by atoms with Crippen molar-refractivity contribution >= 4 is 28.8 Å². The molecule has 1 atom stereocenters. The van der Waals surface area contributed by atoms with Crippen molar-refractivity contribution in [3.8, 4) is 0 Å². The summed E-state index contributed by atoms with van der Waals surface area (Å²) in [5.74, 6) is -1.21. The van der Waals surface area contributed by atoms with Crippen molar-refractivity contribution in [1.82, 2.24) is 10.6 Å². The highest BCUT2D eigenvalue weighted by Crippen LogP contribution is 2.36. The van der Waals surface area contributed by atoms with Crippen LogP contribution in [0.3, 0.4) is 0 Å². The average Bonchev–Trinajstić information content (AvgIpc) is 3.44. The lowest BCUT2D eigenvalue weighted by Crippen LogP contribution is -2.43. The highest BCUT2D eigenvalue weighted by atomic mass is 32.1. The number of nitrogens with one attached hydrogen (secondary N) is 2. The summed E-state index contributed by atoms with van der Waals surface area (Å²) in [4.78, 5) is 28.1. The van der Waals surface area contributed by atoms with Crippen LogP contribution in [0.4, 0.5) is 5.69 Å². The van der Waals surface area contributed by atoms with E-state index in [1.54, 1.807) is 11.3 Å². The van der Waals surface area contributed by atoms with E-state index in [1.165, 1.54) is 16.1 Å². The predicted octanol–water partition coefficient (Wildman–Crippen LogP) is 3.28. The lowest BCUT2D eigenvalue weighted by atomic mass is 10.1. The van der Waals surface area contributed by atoms with Crippen LogP contribution in [0.1, 0.15) is 22.0 Å². The first-order valence-corrected chi connectivity index (χ1v) is 10.6. The van der Waals surface area contributed by atoms with Gasteiger partial charge >= 0.3 is 11.8 Å². The fraction of sp³-hybridized carbons (Fsp3) is 0.217. The number of hydrogen-bond donors (Lipinski definition) is 2. The van der Waals surface area contributed by atoms with Crippen LogP contribution in [-0.2, 0) is 22.6 Å². The van der Waals surface area contributed by atoms with Crippen LogP contribution in [0.5, 0.6) is 0 Å². The summed E-state index contributed by atoms with van der Waals surface area (Å²) < 4.78 is 0. The van der Waals surface area contributed by atoms with Gasteiger partial charge in [-0.25, -0.2) is 0 Å². The van der Waals surface area contributed by atoms with Crippen LogP contribution in [0.25, 0.3) is 0 Å². The summed E-state index contributed by atoms with van der Waals surface area (Å²) in [5, 5.41) is 7.55. The molecule has 0 spiro atoms. The molecule has 0 aliphatic carbocycles. The van der Waals surface area contributed by atoms with Crippen LogP contribution < -0.4 is 15.5 Å². The van der Waals surface area contributed by atoms with Crippen molar-refractivity contribution in [3.05, 3.63) is 88.1 Å². The quantitative estimate of drug-likeness (QED) is 0.619. The number of benzene rings is 2. The average molecular weight is 406 g/mol. The molecule has 1 aliphatic rings. The second-order valence-electron chi connectivity index (χ2n) is 6.98. The number of anilines is 1. The molecule has 0 radical (unpaired) electrons. The number of para-hydroxylation sites is 1. The summed E-state index contributed by atoms with van der Waals surface area (Å²) in [6.07, 6.45) is 0.990. The van der Waals surface area contributed by atoms with Gasteiger partial charge in [0, 0.05) is 30.2 Å². The molecule has 1 aliphatic heterocycles. The fourth-order valence-corrected chi connectivity index (χ4v) is 4.50. The molecule has 148 valence electrons. The lowest BCUT2D eigenvalue weighted by molar-refractivity contribution is -0.139. The number of fused-ring (bicyclic) bond motifs is 1. The third-order valence-corrected chi connectivity index (χ3v) is 6.10. The Morgan fingerprint density at radius 2 is 1.69 bits per heavy atom. The van der Waals surface area contributed by atoms with Crippen molar-refractivity contribution in [2.45, 2.75) is 19.0 Å². The monoisotopic (exact) mass is 405 g/mol. The topological polar surface area (TPSA) is 61.4 Å². The minimum absolute atomic E-state index is 0.00419. The van der Waals surface area contributed by atoms with Gasteiger partial charge in [-0.2, -0.15) is 0 Å². The van der Waals surface area contributed by atoms with Gasteiger partial charge in [0.25, 0.3) is 0 Å². The predicted molar refractivity (Wildman–Crippen MR) is 116 cm³/mol. The Morgan fingerprint density at radius 1 is 0.931 bits per heavy atom. The number of amides is 2. The van der Waals surface area contributed by atoms with Crippen LogP contribution in [0.2, 0.25) is 0 Å². The van der Waals surface area contributed by atoms with Gasteiger partial charge in [-0.05, 0) is 35.1 Å². The zero-order valence-electron chi connectivity index (χ0n) is 16.0. The van der Waals surface area contributed by atoms with Crippen LogP contribution in [0, 0.1) is 0 Å². The zero-order valence-corrected chi connectivity index (χ0v) is 16.8. The van der Waals surface area contributed by atoms with E-state index < -0.39 is 11.8 Å². The summed E-state index contributed by atoms with van der Waals surface area (Å²) in [6, 6.07) is 22.0. The maximum Gasteiger partial charge on any atom is 0.309 e. The maximum absolute atomic E-state index is 12.4. The number of carbonyl (C=O) groups is 2. The number of carbonyl (C=O) groups excluding carboxylic acids is 2. The summed E-state index contributed by atoms with van der Waals surface area (Å²) in [5.41, 5.74) is 3.48. The number of hydrogen-bond acceptors (Lipinski definition) is 4. The first-order chi connectivity index (χ1) is 14.2. The largest absolute Gasteiger partial charge is 0.361 e. The molecule has 2 N–H and O–H groups in total. The molecule has 0 bridgehead atoms. The summed E-state index contributed by atoms with van der Waals surface area (Å²) in [6.45, 7) is 1.62.